The van der Waals surface area contributed by atoms with Crippen LogP contribution >= 0.6 is 24.2 Å². The van der Waals surface area contributed by atoms with Gasteiger partial charge < -0.3 is 0 Å². The Kier molecular flexibility index (Phi) is 3.33. The summed E-state index contributed by atoms with van der Waals surface area (Å²) in [6.45, 7) is 1.32. The highest BCUT2D eigenvalue weighted by Gasteiger charge is 2.18. The van der Waals surface area contributed by atoms with E-state index in [9.17, 15) is 9.18 Å². The molecule has 0 N–H and O–H groups in total. The molecule has 0 amide bonds. The van der Waals surface area contributed by atoms with Crippen LogP contribution in [0.5, 0.6) is 0 Å². The number of alkyl halides is 1. The third-order valence-corrected chi connectivity index (χ3v) is 2.53. The van der Waals surface area contributed by atoms with E-state index in [0.29, 0.717) is 0 Å². The molecule has 1 rings (SSSR count). The highest BCUT2D eigenvalue weighted by atomic mass is 35.5. The Morgan fingerprint density at radius 2 is 2.23 bits per heavy atom. The molecule has 70 valence electrons. The van der Waals surface area contributed by atoms with Crippen molar-refractivity contribution in [3.8, 4) is 0 Å². The first-order chi connectivity index (χ1) is 6.04. The van der Waals surface area contributed by atoms with E-state index in [1.165, 1.54) is 19.1 Å². The average Bonchev–Trinajstić information content (AvgIpc) is 2.08. The van der Waals surface area contributed by atoms with Crippen LogP contribution in [0.25, 0.3) is 0 Å². The number of Topliss-reactive ketones (excluding diaryl/α,β-unsaturated/α-hetero) is 1. The van der Waals surface area contributed by atoms with Crippen molar-refractivity contribution < 1.29 is 9.18 Å². The lowest BCUT2D eigenvalue weighted by Gasteiger charge is -2.07. The number of ketones is 1. The van der Waals surface area contributed by atoms with E-state index in [2.05, 4.69) is 12.6 Å². The molecule has 1 atom stereocenters. The number of carbonyl (C=O) groups excluding carboxylic acids is 1. The highest BCUT2D eigenvalue weighted by Crippen LogP contribution is 2.27. The fourth-order valence-electron chi connectivity index (χ4n) is 0.952. The van der Waals surface area contributed by atoms with Gasteiger partial charge in [0, 0.05) is 10.5 Å². The summed E-state index contributed by atoms with van der Waals surface area (Å²) in [5, 5.41) is -0.924. The molecule has 0 aliphatic carbocycles. The van der Waals surface area contributed by atoms with Gasteiger partial charge in [-0.25, -0.2) is 4.39 Å². The Balaban J connectivity index is 3.15. The Morgan fingerprint density at radius 3 is 2.77 bits per heavy atom. The number of thiol groups is 1. The maximum absolute atomic E-state index is 13.3. The van der Waals surface area contributed by atoms with Crippen LogP contribution in [0, 0.1) is 5.82 Å². The molecule has 1 aromatic rings. The number of carbonyl (C=O) groups is 1. The van der Waals surface area contributed by atoms with E-state index < -0.39 is 11.2 Å². The van der Waals surface area contributed by atoms with Gasteiger partial charge in [-0.05, 0) is 13.0 Å². The third-order valence-electron chi connectivity index (χ3n) is 1.64. The maximum atomic E-state index is 13.3. The van der Waals surface area contributed by atoms with Crippen molar-refractivity contribution in [3.63, 3.8) is 0 Å². The second-order valence-electron chi connectivity index (χ2n) is 2.65. The normalized spacial score (nSPS) is 12.6. The first-order valence-electron chi connectivity index (χ1n) is 3.66. The molecule has 0 bridgehead atoms. The summed E-state index contributed by atoms with van der Waals surface area (Å²) >= 11 is 9.58. The van der Waals surface area contributed by atoms with E-state index >= 15 is 0 Å². The molecule has 1 nitrogen and oxygen atoms in total. The summed E-state index contributed by atoms with van der Waals surface area (Å²) in [7, 11) is 0. The van der Waals surface area contributed by atoms with Crippen LogP contribution in [-0.2, 0) is 4.79 Å². The zero-order chi connectivity index (χ0) is 10.0. The number of benzene rings is 1. The molecule has 0 fully saturated rings. The molecular weight excluding hydrogens is 211 g/mol. The van der Waals surface area contributed by atoms with Gasteiger partial charge in [0.1, 0.15) is 11.2 Å². The number of rotatable bonds is 2. The van der Waals surface area contributed by atoms with Gasteiger partial charge in [-0.3, -0.25) is 4.79 Å². The van der Waals surface area contributed by atoms with Gasteiger partial charge in [0.25, 0.3) is 0 Å². The highest BCUT2D eigenvalue weighted by molar-refractivity contribution is 7.80. The van der Waals surface area contributed by atoms with E-state index in [1.807, 2.05) is 0 Å². The summed E-state index contributed by atoms with van der Waals surface area (Å²) in [6, 6.07) is 4.60. The first-order valence-corrected chi connectivity index (χ1v) is 4.54. The lowest BCUT2D eigenvalue weighted by Crippen LogP contribution is -2.04. The van der Waals surface area contributed by atoms with Gasteiger partial charge in [0.2, 0.25) is 0 Å². The molecule has 13 heavy (non-hydrogen) atoms. The molecule has 0 heterocycles. The molecular formula is C9H8ClFOS. The zero-order valence-corrected chi connectivity index (χ0v) is 8.57. The summed E-state index contributed by atoms with van der Waals surface area (Å²) in [5.74, 6) is -0.805. The van der Waals surface area contributed by atoms with Gasteiger partial charge in [-0.1, -0.05) is 12.1 Å². The van der Waals surface area contributed by atoms with Crippen molar-refractivity contribution in [1.82, 2.24) is 0 Å². The minimum absolute atomic E-state index is 0.182. The topological polar surface area (TPSA) is 17.1 Å². The average molecular weight is 219 g/mol. The van der Waals surface area contributed by atoms with Gasteiger partial charge in [0.15, 0.2) is 5.78 Å². The predicted octanol–water partition coefficient (Wildman–Crippen LogP) is 2.98. The molecule has 0 spiro atoms. The van der Waals surface area contributed by atoms with Crippen LogP contribution in [0.15, 0.2) is 23.1 Å². The fraction of sp³-hybridized carbons (Fsp3) is 0.222. The minimum atomic E-state index is -0.924. The lowest BCUT2D eigenvalue weighted by molar-refractivity contribution is -0.116. The van der Waals surface area contributed by atoms with Crippen LogP contribution in [-0.4, -0.2) is 5.78 Å². The Labute approximate surface area is 86.3 Å². The standard InChI is InChI=1S/C9H8ClFOS/c1-5(12)8(10)6-3-2-4-7(13)9(6)11/h2-4,8,13H,1H3. The van der Waals surface area contributed by atoms with Gasteiger partial charge >= 0.3 is 0 Å². The molecule has 1 aromatic carbocycles. The largest absolute Gasteiger partial charge is 0.298 e. The molecule has 0 radical (unpaired) electrons. The van der Waals surface area contributed by atoms with Crippen LogP contribution in [0.2, 0.25) is 0 Å². The number of hydrogen-bond donors (Lipinski definition) is 1. The quantitative estimate of drug-likeness (QED) is 0.597. The summed E-state index contributed by atoms with van der Waals surface area (Å²) < 4.78 is 13.3. The van der Waals surface area contributed by atoms with Crippen molar-refractivity contribution in [2.24, 2.45) is 0 Å². The molecule has 1 unspecified atom stereocenters. The van der Waals surface area contributed by atoms with Crippen molar-refractivity contribution in [3.05, 3.63) is 29.6 Å². The van der Waals surface area contributed by atoms with Crippen LogP contribution in [0.3, 0.4) is 0 Å². The predicted molar refractivity (Wildman–Crippen MR) is 52.9 cm³/mol. The molecule has 0 aliphatic heterocycles. The molecule has 0 saturated carbocycles. The molecule has 0 aromatic heterocycles. The summed E-state index contributed by atoms with van der Waals surface area (Å²) in [5.41, 5.74) is 0.182. The van der Waals surface area contributed by atoms with Gasteiger partial charge in [-0.2, -0.15) is 0 Å². The zero-order valence-electron chi connectivity index (χ0n) is 6.92. The van der Waals surface area contributed by atoms with Crippen molar-refractivity contribution in [1.29, 1.82) is 0 Å². The van der Waals surface area contributed by atoms with Crippen molar-refractivity contribution >= 4 is 30.0 Å². The SMILES string of the molecule is CC(=O)C(Cl)c1cccc(S)c1F. The van der Waals surface area contributed by atoms with E-state index in [4.69, 9.17) is 11.6 Å². The molecule has 0 saturated heterocycles. The van der Waals surface area contributed by atoms with Crippen molar-refractivity contribution in [2.75, 3.05) is 0 Å². The smallest absolute Gasteiger partial charge is 0.152 e. The van der Waals surface area contributed by atoms with Crippen LogP contribution < -0.4 is 0 Å². The number of halogens is 2. The van der Waals surface area contributed by atoms with E-state index in [1.54, 1.807) is 6.07 Å². The van der Waals surface area contributed by atoms with Crippen molar-refractivity contribution in [2.45, 2.75) is 17.2 Å². The third kappa shape index (κ3) is 2.23. The second-order valence-corrected chi connectivity index (χ2v) is 3.57. The van der Waals surface area contributed by atoms with Crippen LogP contribution in [0.4, 0.5) is 4.39 Å². The van der Waals surface area contributed by atoms with Crippen LogP contribution in [0.1, 0.15) is 17.9 Å². The van der Waals surface area contributed by atoms with Gasteiger partial charge in [-0.15, -0.1) is 24.2 Å². The Hall–Kier alpha value is -0.540. The monoisotopic (exact) mass is 218 g/mol. The number of hydrogen-bond acceptors (Lipinski definition) is 2. The molecule has 4 heteroatoms. The minimum Gasteiger partial charge on any atom is -0.298 e. The lowest BCUT2D eigenvalue weighted by atomic mass is 10.1. The fourth-order valence-corrected chi connectivity index (χ4v) is 1.34. The first kappa shape index (κ1) is 10.5. The van der Waals surface area contributed by atoms with E-state index in [-0.39, 0.29) is 16.2 Å². The summed E-state index contributed by atoms with van der Waals surface area (Å²) in [6.07, 6.45) is 0. The van der Waals surface area contributed by atoms with E-state index in [0.717, 1.165) is 0 Å². The van der Waals surface area contributed by atoms with Gasteiger partial charge in [0.05, 0.1) is 0 Å². The Bertz CT molecular complexity index is 340. The second kappa shape index (κ2) is 4.11. The molecule has 0 aliphatic rings. The summed E-state index contributed by atoms with van der Waals surface area (Å²) in [4.78, 5) is 11.1. The maximum Gasteiger partial charge on any atom is 0.152 e. The Morgan fingerprint density at radius 1 is 1.62 bits per heavy atom.